The Labute approximate surface area is 149 Å². The normalized spacial score (nSPS) is 11.3. The lowest BCUT2D eigenvalue weighted by Crippen LogP contribution is -2.05. The summed E-state index contributed by atoms with van der Waals surface area (Å²) in [7, 11) is 4.47. The fourth-order valence-corrected chi connectivity index (χ4v) is 2.34. The van der Waals surface area contributed by atoms with Crippen LogP contribution in [0.25, 0.3) is 12.2 Å². The highest BCUT2D eigenvalue weighted by atomic mass is 19.4. The van der Waals surface area contributed by atoms with E-state index in [1.165, 1.54) is 27.4 Å². The molecule has 2 rings (SSSR count). The minimum Gasteiger partial charge on any atom is -0.496 e. The topological polar surface area (TPSA) is 51.5 Å². The summed E-state index contributed by atoms with van der Waals surface area (Å²) in [5, 5.41) is 9.14. The largest absolute Gasteiger partial charge is 0.496 e. The summed E-state index contributed by atoms with van der Waals surface area (Å²) in [6.45, 7) is 0. The molecule has 0 amide bonds. The third kappa shape index (κ3) is 4.09. The molecule has 0 fully saturated rings. The van der Waals surface area contributed by atoms with Gasteiger partial charge in [-0.2, -0.15) is 18.4 Å². The number of ether oxygens (including phenoxy) is 3. The Balaban J connectivity index is 2.46. The van der Waals surface area contributed by atoms with Crippen molar-refractivity contribution in [3.8, 4) is 23.3 Å². The van der Waals surface area contributed by atoms with E-state index in [4.69, 9.17) is 19.5 Å². The summed E-state index contributed by atoms with van der Waals surface area (Å²) in [4.78, 5) is 0. The summed E-state index contributed by atoms with van der Waals surface area (Å²) >= 11 is 0. The summed E-state index contributed by atoms with van der Waals surface area (Å²) in [6.07, 6.45) is -1.33. The van der Waals surface area contributed by atoms with Crippen LogP contribution in [0, 0.1) is 11.3 Å². The van der Waals surface area contributed by atoms with E-state index in [2.05, 4.69) is 0 Å². The zero-order valence-corrected chi connectivity index (χ0v) is 14.3. The number of nitrogens with zero attached hydrogens (tertiary/aromatic N) is 1. The van der Waals surface area contributed by atoms with Gasteiger partial charge in [-0.3, -0.25) is 0 Å². The molecule has 0 bridgehead atoms. The molecule has 0 aliphatic rings. The lowest BCUT2D eigenvalue weighted by Gasteiger charge is -2.12. The Morgan fingerprint density at radius 3 is 1.96 bits per heavy atom. The second kappa shape index (κ2) is 7.83. The number of benzene rings is 2. The van der Waals surface area contributed by atoms with Gasteiger partial charge in [-0.05, 0) is 23.8 Å². The van der Waals surface area contributed by atoms with Gasteiger partial charge < -0.3 is 14.2 Å². The molecule has 2 aromatic rings. The zero-order valence-electron chi connectivity index (χ0n) is 14.3. The third-order valence-electron chi connectivity index (χ3n) is 3.68. The van der Waals surface area contributed by atoms with E-state index in [0.29, 0.717) is 28.4 Å². The van der Waals surface area contributed by atoms with Gasteiger partial charge in [-0.1, -0.05) is 18.2 Å². The van der Waals surface area contributed by atoms with Crippen LogP contribution in [0.2, 0.25) is 0 Å². The van der Waals surface area contributed by atoms with Gasteiger partial charge >= 0.3 is 6.18 Å². The molecule has 0 saturated heterocycles. The molecule has 0 spiro atoms. The van der Waals surface area contributed by atoms with Crippen molar-refractivity contribution in [2.75, 3.05) is 21.3 Å². The molecule has 0 aliphatic heterocycles. The van der Waals surface area contributed by atoms with Crippen molar-refractivity contribution in [1.29, 1.82) is 5.26 Å². The Morgan fingerprint density at radius 2 is 1.42 bits per heavy atom. The van der Waals surface area contributed by atoms with Crippen molar-refractivity contribution in [3.63, 3.8) is 0 Å². The number of hydrogen-bond acceptors (Lipinski definition) is 4. The quantitative estimate of drug-likeness (QED) is 0.718. The Morgan fingerprint density at radius 1 is 0.846 bits per heavy atom. The lowest BCUT2D eigenvalue weighted by molar-refractivity contribution is -0.137. The summed E-state index contributed by atoms with van der Waals surface area (Å²) in [5.74, 6) is 1.44. The highest BCUT2D eigenvalue weighted by Crippen LogP contribution is 2.36. The minimum atomic E-state index is -4.50. The van der Waals surface area contributed by atoms with Crippen LogP contribution in [-0.2, 0) is 6.18 Å². The van der Waals surface area contributed by atoms with Crippen LogP contribution in [0.1, 0.15) is 22.3 Å². The van der Waals surface area contributed by atoms with E-state index in [9.17, 15) is 13.2 Å². The van der Waals surface area contributed by atoms with Crippen molar-refractivity contribution >= 4 is 12.2 Å². The first-order valence-corrected chi connectivity index (χ1v) is 7.43. The van der Waals surface area contributed by atoms with Crippen molar-refractivity contribution < 1.29 is 27.4 Å². The number of alkyl halides is 3. The Kier molecular flexibility index (Phi) is 5.78. The number of nitriles is 1. The van der Waals surface area contributed by atoms with Crippen LogP contribution >= 0.6 is 0 Å². The molecule has 0 unspecified atom stereocenters. The van der Waals surface area contributed by atoms with Gasteiger partial charge in [0.25, 0.3) is 0 Å². The molecule has 0 atom stereocenters. The summed E-state index contributed by atoms with van der Waals surface area (Å²) in [6, 6.07) is 8.11. The second-order valence-corrected chi connectivity index (χ2v) is 5.19. The minimum absolute atomic E-state index is 0.0736. The Bertz CT molecular complexity index is 868. The average molecular weight is 363 g/mol. The molecule has 0 saturated carbocycles. The maximum atomic E-state index is 12.8. The van der Waals surface area contributed by atoms with Crippen molar-refractivity contribution in [3.05, 3.63) is 52.6 Å². The van der Waals surface area contributed by atoms with Gasteiger partial charge in [0.05, 0.1) is 38.5 Å². The van der Waals surface area contributed by atoms with E-state index in [1.54, 1.807) is 30.4 Å². The molecule has 136 valence electrons. The van der Waals surface area contributed by atoms with Crippen LogP contribution in [0.3, 0.4) is 0 Å². The smallest absolute Gasteiger partial charge is 0.416 e. The summed E-state index contributed by atoms with van der Waals surface area (Å²) in [5.41, 5.74) is 0.0386. The number of halogens is 3. The molecule has 26 heavy (non-hydrogen) atoms. The van der Waals surface area contributed by atoms with Crippen LogP contribution in [0.5, 0.6) is 17.2 Å². The second-order valence-electron chi connectivity index (χ2n) is 5.19. The molecule has 2 aromatic carbocycles. The van der Waals surface area contributed by atoms with E-state index in [0.717, 1.165) is 12.1 Å². The van der Waals surface area contributed by atoms with E-state index in [-0.39, 0.29) is 5.56 Å². The van der Waals surface area contributed by atoms with E-state index in [1.807, 2.05) is 0 Å². The molecule has 0 radical (unpaired) electrons. The van der Waals surface area contributed by atoms with Crippen molar-refractivity contribution in [2.24, 2.45) is 0 Å². The fourth-order valence-electron chi connectivity index (χ4n) is 2.34. The van der Waals surface area contributed by atoms with Gasteiger partial charge in [0.15, 0.2) is 11.5 Å². The highest BCUT2D eigenvalue weighted by Gasteiger charge is 2.30. The molecule has 0 aromatic heterocycles. The van der Waals surface area contributed by atoms with Crippen LogP contribution in [0.15, 0.2) is 30.3 Å². The molecule has 0 N–H and O–H groups in total. The lowest BCUT2D eigenvalue weighted by atomic mass is 10.0. The van der Waals surface area contributed by atoms with Crippen molar-refractivity contribution in [1.82, 2.24) is 0 Å². The maximum absolute atomic E-state index is 12.8. The molecule has 7 heteroatoms. The van der Waals surface area contributed by atoms with Gasteiger partial charge in [-0.15, -0.1) is 0 Å². The first-order valence-electron chi connectivity index (χ1n) is 7.43. The SMILES string of the molecule is COc1cc(OC)c(OC)cc1C=Cc1ccc(C(F)(F)F)cc1C#N. The van der Waals surface area contributed by atoms with E-state index < -0.39 is 11.7 Å². The van der Waals surface area contributed by atoms with Crippen LogP contribution in [-0.4, -0.2) is 21.3 Å². The van der Waals surface area contributed by atoms with Gasteiger partial charge in [0, 0.05) is 11.6 Å². The third-order valence-corrected chi connectivity index (χ3v) is 3.68. The zero-order chi connectivity index (χ0) is 19.3. The van der Waals surface area contributed by atoms with Crippen LogP contribution < -0.4 is 14.2 Å². The molecular formula is C19H16F3NO3. The maximum Gasteiger partial charge on any atom is 0.416 e. The molecule has 0 heterocycles. The fraction of sp³-hybridized carbons (Fsp3) is 0.211. The first kappa shape index (κ1) is 19.2. The summed E-state index contributed by atoms with van der Waals surface area (Å²) < 4.78 is 54.0. The standard InChI is InChI=1S/C19H16F3NO3/c1-24-16-10-18(26-3)17(25-2)9-13(16)5-4-12-6-7-15(19(20,21)22)8-14(12)11-23/h4-10H,1-3H3. The highest BCUT2D eigenvalue weighted by molar-refractivity contribution is 5.76. The Hall–Kier alpha value is -3.14. The van der Waals surface area contributed by atoms with E-state index >= 15 is 0 Å². The van der Waals surface area contributed by atoms with Gasteiger partial charge in [0.1, 0.15) is 5.75 Å². The monoisotopic (exact) mass is 363 g/mol. The molecular weight excluding hydrogens is 347 g/mol. The van der Waals surface area contributed by atoms with Crippen LogP contribution in [0.4, 0.5) is 13.2 Å². The number of hydrogen-bond donors (Lipinski definition) is 0. The predicted octanol–water partition coefficient (Wildman–Crippen LogP) is 4.77. The van der Waals surface area contributed by atoms with Gasteiger partial charge in [0.2, 0.25) is 0 Å². The average Bonchev–Trinajstić information content (AvgIpc) is 2.64. The molecule has 4 nitrogen and oxygen atoms in total. The number of methoxy groups -OCH3 is 3. The number of rotatable bonds is 5. The predicted molar refractivity (Wildman–Crippen MR) is 91.2 cm³/mol. The van der Waals surface area contributed by atoms with Gasteiger partial charge in [-0.25, -0.2) is 0 Å². The first-order chi connectivity index (χ1) is 12.3. The molecule has 0 aliphatic carbocycles. The van der Waals surface area contributed by atoms with Crippen molar-refractivity contribution in [2.45, 2.75) is 6.18 Å².